The van der Waals surface area contributed by atoms with Crippen LogP contribution in [0.3, 0.4) is 0 Å². The number of isocyanates is 2. The number of carbonyl (C=O) groups excluding carboxylic acids is 4. The lowest BCUT2D eigenvalue weighted by molar-refractivity contribution is 0.156. The van der Waals surface area contributed by atoms with E-state index >= 15 is 0 Å². The van der Waals surface area contributed by atoms with Crippen molar-refractivity contribution in [2.24, 2.45) is 9.98 Å². The van der Waals surface area contributed by atoms with Crippen molar-refractivity contribution in [2.45, 2.75) is 52.4 Å². The maximum atomic E-state index is 11.9. The quantitative estimate of drug-likeness (QED) is 0.188. The Balaban J connectivity index is 1.50. The van der Waals surface area contributed by atoms with Crippen LogP contribution in [0.15, 0.2) is 46.4 Å². The number of hydrogen-bond acceptors (Lipinski definition) is 8. The molecule has 2 N–H and O–H groups in total. The molecule has 0 bridgehead atoms. The minimum absolute atomic E-state index is 0.305. The molecule has 2 rings (SSSR count). The summed E-state index contributed by atoms with van der Waals surface area (Å²) < 4.78 is 10.4. The highest BCUT2D eigenvalue weighted by atomic mass is 16.6. The van der Waals surface area contributed by atoms with Gasteiger partial charge in [-0.2, -0.15) is 9.98 Å². The van der Waals surface area contributed by atoms with E-state index in [1.165, 1.54) is 12.2 Å². The highest BCUT2D eigenvalue weighted by Crippen LogP contribution is 2.23. The van der Waals surface area contributed by atoms with Crippen molar-refractivity contribution < 1.29 is 28.7 Å². The highest BCUT2D eigenvalue weighted by molar-refractivity contribution is 5.86. The van der Waals surface area contributed by atoms with Gasteiger partial charge in [0, 0.05) is 11.4 Å². The summed E-state index contributed by atoms with van der Waals surface area (Å²) in [5.74, 6) is 0. The first kappa shape index (κ1) is 28.0. The fourth-order valence-corrected chi connectivity index (χ4v) is 3.26. The Bertz CT molecular complexity index is 1050. The van der Waals surface area contributed by atoms with Crippen LogP contribution in [-0.2, 0) is 19.1 Å². The Morgan fingerprint density at radius 2 is 1.08 bits per heavy atom. The lowest BCUT2D eigenvalue weighted by atomic mass is 10.1. The summed E-state index contributed by atoms with van der Waals surface area (Å²) in [6.07, 6.45) is 7.12. The van der Waals surface area contributed by atoms with Crippen LogP contribution in [0.4, 0.5) is 32.3 Å². The maximum absolute atomic E-state index is 11.9. The summed E-state index contributed by atoms with van der Waals surface area (Å²) in [7, 11) is 0. The third-order valence-electron chi connectivity index (χ3n) is 5.25. The number of benzene rings is 2. The molecule has 0 saturated heterocycles. The molecule has 0 saturated carbocycles. The van der Waals surface area contributed by atoms with E-state index in [0.29, 0.717) is 36.0 Å². The van der Waals surface area contributed by atoms with Crippen molar-refractivity contribution in [2.75, 3.05) is 23.8 Å². The van der Waals surface area contributed by atoms with Gasteiger partial charge in [0.15, 0.2) is 0 Å². The van der Waals surface area contributed by atoms with Gasteiger partial charge in [-0.25, -0.2) is 19.2 Å². The van der Waals surface area contributed by atoms with Gasteiger partial charge in [-0.05, 0) is 62.1 Å². The minimum atomic E-state index is -0.561. The third-order valence-corrected chi connectivity index (χ3v) is 5.25. The summed E-state index contributed by atoms with van der Waals surface area (Å²) in [6.45, 7) is 4.22. The topological polar surface area (TPSA) is 136 Å². The predicted octanol–water partition coefficient (Wildman–Crippen LogP) is 6.38. The van der Waals surface area contributed by atoms with Crippen molar-refractivity contribution >= 4 is 47.1 Å². The number of nitrogens with one attached hydrogen (secondary N) is 2. The molecule has 0 heterocycles. The fourth-order valence-electron chi connectivity index (χ4n) is 3.26. The highest BCUT2D eigenvalue weighted by Gasteiger charge is 2.07. The second-order valence-corrected chi connectivity index (χ2v) is 8.05. The Morgan fingerprint density at radius 1 is 0.694 bits per heavy atom. The number of unbranched alkanes of at least 4 members (excludes halogenated alkanes) is 5. The molecule has 0 fully saturated rings. The average Bonchev–Trinajstić information content (AvgIpc) is 2.85. The number of aliphatic imine (C=N–C) groups is 2. The zero-order chi connectivity index (χ0) is 26.2. The van der Waals surface area contributed by atoms with Gasteiger partial charge in [-0.15, -0.1) is 0 Å². The first-order chi connectivity index (χ1) is 17.4. The van der Waals surface area contributed by atoms with E-state index in [1.54, 1.807) is 50.2 Å². The normalized spacial score (nSPS) is 9.94. The third kappa shape index (κ3) is 10.3. The summed E-state index contributed by atoms with van der Waals surface area (Å²) >= 11 is 0. The van der Waals surface area contributed by atoms with Crippen molar-refractivity contribution in [3.8, 4) is 0 Å². The van der Waals surface area contributed by atoms with Crippen LogP contribution in [0.5, 0.6) is 0 Å². The van der Waals surface area contributed by atoms with Crippen LogP contribution >= 0.6 is 0 Å². The van der Waals surface area contributed by atoms with Crippen LogP contribution in [0.2, 0.25) is 0 Å². The second kappa shape index (κ2) is 15.6. The van der Waals surface area contributed by atoms with Gasteiger partial charge < -0.3 is 9.47 Å². The molecule has 2 amide bonds. The molecule has 2 aromatic carbocycles. The molecule has 0 radical (unpaired) electrons. The van der Waals surface area contributed by atoms with Crippen LogP contribution in [0.25, 0.3) is 0 Å². The lowest BCUT2D eigenvalue weighted by Gasteiger charge is -2.09. The molecule has 0 atom stereocenters. The Labute approximate surface area is 209 Å². The zero-order valence-corrected chi connectivity index (χ0v) is 20.5. The number of rotatable bonds is 13. The Hall–Kier alpha value is -4.26. The van der Waals surface area contributed by atoms with E-state index in [1.807, 2.05) is 0 Å². The van der Waals surface area contributed by atoms with Gasteiger partial charge >= 0.3 is 12.2 Å². The van der Waals surface area contributed by atoms with Crippen LogP contribution in [0, 0.1) is 13.8 Å². The monoisotopic (exact) mass is 494 g/mol. The van der Waals surface area contributed by atoms with Crippen molar-refractivity contribution in [3.63, 3.8) is 0 Å². The summed E-state index contributed by atoms with van der Waals surface area (Å²) in [4.78, 5) is 51.9. The van der Waals surface area contributed by atoms with Crippen LogP contribution in [-0.4, -0.2) is 37.6 Å². The predicted molar refractivity (Wildman–Crippen MR) is 136 cm³/mol. The summed E-state index contributed by atoms with van der Waals surface area (Å²) in [5.41, 5.74) is 3.48. The minimum Gasteiger partial charge on any atom is -0.449 e. The van der Waals surface area contributed by atoms with E-state index < -0.39 is 12.2 Å². The van der Waals surface area contributed by atoms with Gasteiger partial charge in [0.25, 0.3) is 0 Å². The van der Waals surface area contributed by atoms with Gasteiger partial charge in [0.2, 0.25) is 12.2 Å². The molecule has 0 aliphatic heterocycles. The number of ether oxygens (including phenoxy) is 2. The Kier molecular flexibility index (Phi) is 12.1. The van der Waals surface area contributed by atoms with Gasteiger partial charge in [-0.1, -0.05) is 37.8 Å². The molecule has 0 unspecified atom stereocenters. The molecule has 10 heteroatoms. The first-order valence-electron chi connectivity index (χ1n) is 11.7. The molecule has 0 aliphatic rings. The van der Waals surface area contributed by atoms with Crippen molar-refractivity contribution in [3.05, 3.63) is 47.5 Å². The largest absolute Gasteiger partial charge is 0.449 e. The second-order valence-electron chi connectivity index (χ2n) is 8.05. The van der Waals surface area contributed by atoms with Gasteiger partial charge in [0.05, 0.1) is 24.6 Å². The first-order valence-corrected chi connectivity index (χ1v) is 11.7. The van der Waals surface area contributed by atoms with Crippen LogP contribution in [0.1, 0.15) is 49.7 Å². The molecular formula is C26H30N4O6. The molecule has 36 heavy (non-hydrogen) atoms. The average molecular weight is 495 g/mol. The number of nitrogens with zero attached hydrogens (tertiary/aromatic N) is 2. The summed E-state index contributed by atoms with van der Waals surface area (Å²) in [5, 5.41) is 5.22. The van der Waals surface area contributed by atoms with Gasteiger partial charge in [-0.3, -0.25) is 10.6 Å². The van der Waals surface area contributed by atoms with Gasteiger partial charge in [0.1, 0.15) is 0 Å². The molecular weight excluding hydrogens is 464 g/mol. The zero-order valence-electron chi connectivity index (χ0n) is 20.5. The van der Waals surface area contributed by atoms with Crippen LogP contribution < -0.4 is 10.6 Å². The number of anilines is 2. The molecule has 190 valence electrons. The number of aryl methyl sites for hydroxylation is 2. The van der Waals surface area contributed by atoms with E-state index in [9.17, 15) is 19.2 Å². The molecule has 0 aromatic heterocycles. The molecule has 0 aliphatic carbocycles. The number of carbonyl (C=O) groups is 2. The summed E-state index contributed by atoms with van der Waals surface area (Å²) in [6, 6.07) is 10.1. The molecule has 2 aromatic rings. The van der Waals surface area contributed by atoms with E-state index in [0.717, 1.165) is 49.7 Å². The maximum Gasteiger partial charge on any atom is 0.411 e. The lowest BCUT2D eigenvalue weighted by Crippen LogP contribution is -2.14. The number of hydrogen-bond donors (Lipinski definition) is 2. The SMILES string of the molecule is Cc1ccc(NC(=O)OCCCCCCCCOC(=O)Nc2ccc(C)c(N=C=O)c2)cc1N=C=O. The Morgan fingerprint density at radius 3 is 1.47 bits per heavy atom. The van der Waals surface area contributed by atoms with Crippen molar-refractivity contribution in [1.29, 1.82) is 0 Å². The van der Waals surface area contributed by atoms with E-state index in [4.69, 9.17) is 9.47 Å². The fraction of sp³-hybridized carbons (Fsp3) is 0.385. The molecule has 0 spiro atoms. The standard InChI is InChI=1S/C26H30N4O6/c1-19-9-11-21(15-23(19)27-17-31)29-25(33)35-13-7-5-3-4-6-8-14-36-26(34)30-22-12-10-20(2)24(16-22)28-18-32/h9-12,15-16H,3-8,13-14H2,1-2H3,(H,29,33)(H,30,34). The van der Waals surface area contributed by atoms with Crippen molar-refractivity contribution in [1.82, 2.24) is 0 Å². The smallest absolute Gasteiger partial charge is 0.411 e. The van der Waals surface area contributed by atoms with E-state index in [2.05, 4.69) is 20.6 Å². The number of amides is 2. The molecule has 10 nitrogen and oxygen atoms in total. The van der Waals surface area contributed by atoms with E-state index in [-0.39, 0.29) is 0 Å².